The fourth-order valence-electron chi connectivity index (χ4n) is 0.536. The highest BCUT2D eigenvalue weighted by Gasteiger charge is 1.93. The molecule has 0 saturated carbocycles. The molecule has 0 aromatic heterocycles. The van der Waals surface area contributed by atoms with E-state index in [1.54, 1.807) is 0 Å². The van der Waals surface area contributed by atoms with Crippen LogP contribution in [-0.2, 0) is 14.3 Å². The number of ether oxygens (including phenoxy) is 2. The molecule has 0 aliphatic rings. The SMILES string of the molecule is C=CC(=O)OCCOCCNC. The second-order valence-electron chi connectivity index (χ2n) is 2.09. The van der Waals surface area contributed by atoms with Gasteiger partial charge in [0.15, 0.2) is 0 Å². The summed E-state index contributed by atoms with van der Waals surface area (Å²) in [6.07, 6.45) is 1.13. The first-order valence-electron chi connectivity index (χ1n) is 3.82. The van der Waals surface area contributed by atoms with Gasteiger partial charge in [0.1, 0.15) is 6.61 Å². The Balaban J connectivity index is 3.00. The Bertz CT molecular complexity index is 136. The molecule has 0 aliphatic carbocycles. The highest BCUT2D eigenvalue weighted by molar-refractivity contribution is 5.81. The average Bonchev–Trinajstić information content (AvgIpc) is 2.10. The van der Waals surface area contributed by atoms with Gasteiger partial charge in [0, 0.05) is 12.6 Å². The maximum absolute atomic E-state index is 10.5. The fourth-order valence-corrected chi connectivity index (χ4v) is 0.536. The van der Waals surface area contributed by atoms with Crippen molar-refractivity contribution >= 4 is 5.97 Å². The van der Waals surface area contributed by atoms with Gasteiger partial charge in [-0.25, -0.2) is 4.79 Å². The summed E-state index contributed by atoms with van der Waals surface area (Å²) in [5, 5.41) is 2.93. The molecule has 4 heteroatoms. The van der Waals surface area contributed by atoms with Gasteiger partial charge in [-0.05, 0) is 7.05 Å². The number of esters is 1. The molecule has 70 valence electrons. The van der Waals surface area contributed by atoms with E-state index in [9.17, 15) is 4.79 Å². The lowest BCUT2D eigenvalue weighted by atomic mass is 10.6. The molecule has 12 heavy (non-hydrogen) atoms. The Morgan fingerprint density at radius 1 is 1.50 bits per heavy atom. The molecular weight excluding hydrogens is 158 g/mol. The first-order chi connectivity index (χ1) is 5.81. The summed E-state index contributed by atoms with van der Waals surface area (Å²) in [7, 11) is 1.85. The van der Waals surface area contributed by atoms with Crippen LogP contribution in [0.3, 0.4) is 0 Å². The minimum Gasteiger partial charge on any atom is -0.460 e. The Kier molecular flexibility index (Phi) is 7.63. The van der Waals surface area contributed by atoms with Crippen LogP contribution in [0.15, 0.2) is 12.7 Å². The predicted octanol–water partition coefficient (Wildman–Crippen LogP) is -0.0484. The van der Waals surface area contributed by atoms with Gasteiger partial charge in [-0.15, -0.1) is 0 Å². The van der Waals surface area contributed by atoms with Gasteiger partial charge < -0.3 is 14.8 Å². The van der Waals surface area contributed by atoms with Gasteiger partial charge in [0.05, 0.1) is 13.2 Å². The zero-order valence-corrected chi connectivity index (χ0v) is 7.34. The van der Waals surface area contributed by atoms with Crippen LogP contribution in [0.25, 0.3) is 0 Å². The largest absolute Gasteiger partial charge is 0.460 e. The van der Waals surface area contributed by atoms with Gasteiger partial charge in [0.2, 0.25) is 0 Å². The summed E-state index contributed by atoms with van der Waals surface area (Å²) in [6.45, 7) is 5.41. The van der Waals surface area contributed by atoms with Crippen molar-refractivity contribution in [1.82, 2.24) is 5.32 Å². The molecule has 0 bridgehead atoms. The lowest BCUT2D eigenvalue weighted by Gasteiger charge is -2.03. The first kappa shape index (κ1) is 11.1. The second-order valence-corrected chi connectivity index (χ2v) is 2.09. The predicted molar refractivity (Wildman–Crippen MR) is 45.9 cm³/mol. The van der Waals surface area contributed by atoms with Crippen LogP contribution < -0.4 is 5.32 Å². The van der Waals surface area contributed by atoms with Gasteiger partial charge in [-0.3, -0.25) is 0 Å². The summed E-state index contributed by atoms with van der Waals surface area (Å²) in [6, 6.07) is 0. The van der Waals surface area contributed by atoms with Crippen LogP contribution in [-0.4, -0.2) is 39.4 Å². The lowest BCUT2D eigenvalue weighted by molar-refractivity contribution is -0.139. The van der Waals surface area contributed by atoms with E-state index in [-0.39, 0.29) is 6.61 Å². The summed E-state index contributed by atoms with van der Waals surface area (Å²) in [5.74, 6) is -0.410. The van der Waals surface area contributed by atoms with Crippen molar-refractivity contribution in [2.75, 3.05) is 33.4 Å². The Morgan fingerprint density at radius 3 is 2.83 bits per heavy atom. The molecule has 0 aromatic rings. The molecule has 0 radical (unpaired) electrons. The van der Waals surface area contributed by atoms with E-state index in [2.05, 4.69) is 16.6 Å². The number of hydrogen-bond donors (Lipinski definition) is 1. The Morgan fingerprint density at radius 2 is 2.25 bits per heavy atom. The smallest absolute Gasteiger partial charge is 0.330 e. The van der Waals surface area contributed by atoms with Crippen molar-refractivity contribution in [1.29, 1.82) is 0 Å². The molecule has 4 nitrogen and oxygen atoms in total. The van der Waals surface area contributed by atoms with Crippen LogP contribution in [0.2, 0.25) is 0 Å². The molecule has 0 fully saturated rings. The standard InChI is InChI=1S/C8H15NO3/c1-3-8(10)12-7-6-11-5-4-9-2/h3,9H,1,4-7H2,2H3. The number of carbonyl (C=O) groups excluding carboxylic acids is 1. The molecule has 0 aromatic carbocycles. The maximum atomic E-state index is 10.5. The van der Waals surface area contributed by atoms with Crippen LogP contribution in [0, 0.1) is 0 Å². The number of hydrogen-bond acceptors (Lipinski definition) is 4. The molecule has 1 N–H and O–H groups in total. The maximum Gasteiger partial charge on any atom is 0.330 e. The summed E-state index contributed by atoms with van der Waals surface area (Å²) in [5.41, 5.74) is 0. The van der Waals surface area contributed by atoms with Crippen molar-refractivity contribution < 1.29 is 14.3 Å². The third-order valence-corrected chi connectivity index (χ3v) is 1.14. The number of nitrogens with one attached hydrogen (secondary N) is 1. The van der Waals surface area contributed by atoms with E-state index in [1.807, 2.05) is 7.05 Å². The summed E-state index contributed by atoms with van der Waals surface area (Å²) >= 11 is 0. The van der Waals surface area contributed by atoms with Crippen molar-refractivity contribution in [3.8, 4) is 0 Å². The van der Waals surface area contributed by atoms with Gasteiger partial charge in [-0.1, -0.05) is 6.58 Å². The molecule has 0 spiro atoms. The monoisotopic (exact) mass is 173 g/mol. The Hall–Kier alpha value is -0.870. The summed E-state index contributed by atoms with van der Waals surface area (Å²) < 4.78 is 9.76. The van der Waals surface area contributed by atoms with E-state index < -0.39 is 5.97 Å². The zero-order chi connectivity index (χ0) is 9.23. The third kappa shape index (κ3) is 7.24. The highest BCUT2D eigenvalue weighted by atomic mass is 16.6. The van der Waals surface area contributed by atoms with Gasteiger partial charge in [0.25, 0.3) is 0 Å². The lowest BCUT2D eigenvalue weighted by Crippen LogP contribution is -2.16. The topological polar surface area (TPSA) is 47.6 Å². The minimum absolute atomic E-state index is 0.286. The van der Waals surface area contributed by atoms with Crippen molar-refractivity contribution in [2.45, 2.75) is 0 Å². The van der Waals surface area contributed by atoms with E-state index in [0.29, 0.717) is 13.2 Å². The van der Waals surface area contributed by atoms with E-state index >= 15 is 0 Å². The van der Waals surface area contributed by atoms with Crippen LogP contribution in [0.4, 0.5) is 0 Å². The minimum atomic E-state index is -0.410. The van der Waals surface area contributed by atoms with Crippen molar-refractivity contribution in [3.63, 3.8) is 0 Å². The number of carbonyl (C=O) groups is 1. The first-order valence-corrected chi connectivity index (χ1v) is 3.82. The zero-order valence-electron chi connectivity index (χ0n) is 7.34. The molecular formula is C8H15NO3. The molecule has 0 aliphatic heterocycles. The van der Waals surface area contributed by atoms with Gasteiger partial charge >= 0.3 is 5.97 Å². The van der Waals surface area contributed by atoms with E-state index in [1.165, 1.54) is 0 Å². The molecule has 0 saturated heterocycles. The third-order valence-electron chi connectivity index (χ3n) is 1.14. The van der Waals surface area contributed by atoms with Gasteiger partial charge in [-0.2, -0.15) is 0 Å². The molecule has 0 atom stereocenters. The molecule has 0 unspecified atom stereocenters. The average molecular weight is 173 g/mol. The molecule has 0 amide bonds. The summed E-state index contributed by atoms with van der Waals surface area (Å²) in [4.78, 5) is 10.5. The number of likely N-dealkylation sites (N-methyl/N-ethyl adjacent to an activating group) is 1. The van der Waals surface area contributed by atoms with Crippen LogP contribution in [0.1, 0.15) is 0 Å². The van der Waals surface area contributed by atoms with E-state index in [0.717, 1.165) is 12.6 Å². The quantitative estimate of drug-likeness (QED) is 0.333. The highest BCUT2D eigenvalue weighted by Crippen LogP contribution is 1.80. The molecule has 0 heterocycles. The van der Waals surface area contributed by atoms with Crippen molar-refractivity contribution in [2.24, 2.45) is 0 Å². The molecule has 0 rings (SSSR count). The van der Waals surface area contributed by atoms with E-state index in [4.69, 9.17) is 4.74 Å². The normalized spacial score (nSPS) is 9.42. The number of rotatable bonds is 7. The van der Waals surface area contributed by atoms with Crippen molar-refractivity contribution in [3.05, 3.63) is 12.7 Å². The van der Waals surface area contributed by atoms with Crippen LogP contribution >= 0.6 is 0 Å². The Labute approximate surface area is 72.5 Å². The second kappa shape index (κ2) is 8.23. The van der Waals surface area contributed by atoms with Crippen LogP contribution in [0.5, 0.6) is 0 Å². The fraction of sp³-hybridized carbons (Fsp3) is 0.625.